The Labute approximate surface area is 151 Å². The molecular weight excluding hydrogens is 316 g/mol. The molecule has 0 spiro atoms. The van der Waals surface area contributed by atoms with E-state index in [9.17, 15) is 5.11 Å². The summed E-state index contributed by atoms with van der Waals surface area (Å²) in [5, 5.41) is 10.2. The Morgan fingerprint density at radius 1 is 1.08 bits per heavy atom. The van der Waals surface area contributed by atoms with Crippen molar-refractivity contribution < 1.29 is 14.6 Å². The third kappa shape index (κ3) is 5.68. The summed E-state index contributed by atoms with van der Waals surface area (Å²) < 4.78 is 10.8. The molecule has 1 N–H and O–H groups in total. The van der Waals surface area contributed by atoms with E-state index in [1.54, 1.807) is 7.11 Å². The summed E-state index contributed by atoms with van der Waals surface area (Å²) in [5.41, 5.74) is 1.10. The molecule has 2 saturated heterocycles. The Kier molecular flexibility index (Phi) is 7.11. The Morgan fingerprint density at radius 2 is 1.76 bits per heavy atom. The molecule has 25 heavy (non-hydrogen) atoms. The highest BCUT2D eigenvalue weighted by Crippen LogP contribution is 2.21. The van der Waals surface area contributed by atoms with Crippen LogP contribution in [0.2, 0.25) is 0 Å². The van der Waals surface area contributed by atoms with Crippen LogP contribution in [0.5, 0.6) is 5.75 Å². The lowest BCUT2D eigenvalue weighted by molar-refractivity contribution is 0.00232. The monoisotopic (exact) mass is 348 g/mol. The van der Waals surface area contributed by atoms with Crippen molar-refractivity contribution in [2.75, 3.05) is 46.4 Å². The van der Waals surface area contributed by atoms with E-state index in [1.807, 2.05) is 24.3 Å². The number of likely N-dealkylation sites (tertiary alicyclic amines) is 2. The normalized spacial score (nSPS) is 21.5. The number of rotatable bonds is 8. The SMILES string of the molecule is COc1ccc(COCC(O)CN2CCC(N3CCCC3)CC2)cc1. The first-order valence-electron chi connectivity index (χ1n) is 9.60. The van der Waals surface area contributed by atoms with Gasteiger partial charge in [-0.15, -0.1) is 0 Å². The fourth-order valence-electron chi connectivity index (χ4n) is 3.96. The van der Waals surface area contributed by atoms with Crippen LogP contribution in [-0.2, 0) is 11.3 Å². The second-order valence-corrected chi connectivity index (χ2v) is 7.29. The van der Waals surface area contributed by atoms with Gasteiger partial charge < -0.3 is 24.4 Å². The fraction of sp³-hybridized carbons (Fsp3) is 0.700. The van der Waals surface area contributed by atoms with Gasteiger partial charge in [0.2, 0.25) is 0 Å². The smallest absolute Gasteiger partial charge is 0.118 e. The van der Waals surface area contributed by atoms with Crippen LogP contribution in [0.15, 0.2) is 24.3 Å². The van der Waals surface area contributed by atoms with E-state index in [0.29, 0.717) is 13.2 Å². The molecule has 0 saturated carbocycles. The number of ether oxygens (including phenoxy) is 2. The van der Waals surface area contributed by atoms with Crippen LogP contribution >= 0.6 is 0 Å². The summed E-state index contributed by atoms with van der Waals surface area (Å²) in [6.07, 6.45) is 4.79. The van der Waals surface area contributed by atoms with Crippen molar-refractivity contribution >= 4 is 0 Å². The van der Waals surface area contributed by atoms with Crippen LogP contribution in [0, 0.1) is 0 Å². The maximum absolute atomic E-state index is 10.2. The van der Waals surface area contributed by atoms with Crippen LogP contribution in [-0.4, -0.2) is 73.5 Å². The lowest BCUT2D eigenvalue weighted by Gasteiger charge is -2.37. The molecule has 5 nitrogen and oxygen atoms in total. The van der Waals surface area contributed by atoms with E-state index < -0.39 is 6.10 Å². The number of hydrogen-bond donors (Lipinski definition) is 1. The van der Waals surface area contributed by atoms with Crippen molar-refractivity contribution in [1.29, 1.82) is 0 Å². The number of hydrogen-bond acceptors (Lipinski definition) is 5. The van der Waals surface area contributed by atoms with E-state index in [4.69, 9.17) is 9.47 Å². The highest BCUT2D eigenvalue weighted by Gasteiger charge is 2.26. The van der Waals surface area contributed by atoms with Crippen LogP contribution < -0.4 is 4.74 Å². The predicted molar refractivity (Wildman–Crippen MR) is 98.9 cm³/mol. The third-order valence-corrected chi connectivity index (χ3v) is 5.42. The standard InChI is InChI=1S/C20H32N2O3/c1-24-20-6-4-17(5-7-20)15-25-16-19(23)14-21-12-8-18(9-13-21)22-10-2-3-11-22/h4-7,18-19,23H,2-3,8-16H2,1H3. The summed E-state index contributed by atoms with van der Waals surface area (Å²) in [4.78, 5) is 5.04. The maximum Gasteiger partial charge on any atom is 0.118 e. The van der Waals surface area contributed by atoms with Gasteiger partial charge in [0.1, 0.15) is 5.75 Å². The minimum atomic E-state index is -0.415. The lowest BCUT2D eigenvalue weighted by atomic mass is 10.0. The molecule has 1 aromatic carbocycles. The molecule has 1 unspecified atom stereocenters. The van der Waals surface area contributed by atoms with Crippen LogP contribution in [0.1, 0.15) is 31.2 Å². The number of piperidine rings is 1. The number of aliphatic hydroxyl groups excluding tert-OH is 1. The van der Waals surface area contributed by atoms with E-state index >= 15 is 0 Å². The van der Waals surface area contributed by atoms with Crippen molar-refractivity contribution in [2.24, 2.45) is 0 Å². The number of nitrogens with zero attached hydrogens (tertiary/aromatic N) is 2. The summed E-state index contributed by atoms with van der Waals surface area (Å²) in [6, 6.07) is 8.62. The van der Waals surface area contributed by atoms with E-state index in [1.165, 1.54) is 38.8 Å². The largest absolute Gasteiger partial charge is 0.497 e. The van der Waals surface area contributed by atoms with Crippen LogP contribution in [0.25, 0.3) is 0 Å². The molecule has 0 amide bonds. The molecule has 2 aliphatic heterocycles. The molecule has 140 valence electrons. The molecule has 0 aliphatic carbocycles. The fourth-order valence-corrected chi connectivity index (χ4v) is 3.96. The van der Waals surface area contributed by atoms with E-state index in [0.717, 1.165) is 37.0 Å². The van der Waals surface area contributed by atoms with Crippen molar-refractivity contribution in [3.63, 3.8) is 0 Å². The topological polar surface area (TPSA) is 45.2 Å². The maximum atomic E-state index is 10.2. The molecule has 1 atom stereocenters. The van der Waals surface area contributed by atoms with E-state index in [2.05, 4.69) is 9.80 Å². The Morgan fingerprint density at radius 3 is 2.40 bits per heavy atom. The molecule has 3 rings (SSSR count). The average molecular weight is 348 g/mol. The quantitative estimate of drug-likeness (QED) is 0.780. The molecule has 1 aromatic rings. The van der Waals surface area contributed by atoms with Crippen LogP contribution in [0.4, 0.5) is 0 Å². The van der Waals surface area contributed by atoms with E-state index in [-0.39, 0.29) is 0 Å². The summed E-state index contributed by atoms with van der Waals surface area (Å²) in [7, 11) is 1.66. The Balaban J connectivity index is 1.30. The zero-order chi connectivity index (χ0) is 17.5. The zero-order valence-corrected chi connectivity index (χ0v) is 15.4. The number of benzene rings is 1. The van der Waals surface area contributed by atoms with Gasteiger partial charge in [0.15, 0.2) is 0 Å². The molecule has 0 aromatic heterocycles. The zero-order valence-electron chi connectivity index (χ0n) is 15.4. The summed E-state index contributed by atoms with van der Waals surface area (Å²) in [6.45, 7) is 6.39. The molecule has 0 bridgehead atoms. The van der Waals surface area contributed by atoms with Crippen molar-refractivity contribution in [3.8, 4) is 5.75 Å². The molecular formula is C20H32N2O3. The first kappa shape index (κ1) is 18.6. The van der Waals surface area contributed by atoms with Gasteiger partial charge in [-0.05, 0) is 69.6 Å². The predicted octanol–water partition coefficient (Wildman–Crippen LogP) is 2.13. The van der Waals surface area contributed by atoms with Gasteiger partial charge in [0, 0.05) is 12.6 Å². The molecule has 0 radical (unpaired) electrons. The third-order valence-electron chi connectivity index (χ3n) is 5.42. The first-order chi connectivity index (χ1) is 12.2. The van der Waals surface area contributed by atoms with Gasteiger partial charge in [0.05, 0.1) is 26.4 Å². The van der Waals surface area contributed by atoms with Gasteiger partial charge in [-0.2, -0.15) is 0 Å². The first-order valence-corrected chi connectivity index (χ1v) is 9.60. The highest BCUT2D eigenvalue weighted by molar-refractivity contribution is 5.26. The molecule has 2 fully saturated rings. The molecule has 2 heterocycles. The highest BCUT2D eigenvalue weighted by atomic mass is 16.5. The van der Waals surface area contributed by atoms with Gasteiger partial charge in [-0.25, -0.2) is 0 Å². The Bertz CT molecular complexity index is 494. The second-order valence-electron chi connectivity index (χ2n) is 7.29. The average Bonchev–Trinajstić information content (AvgIpc) is 3.18. The number of methoxy groups -OCH3 is 1. The Hall–Kier alpha value is -1.14. The van der Waals surface area contributed by atoms with Gasteiger partial charge in [-0.1, -0.05) is 12.1 Å². The number of β-amino-alcohol motifs (C(OH)–C–C–N with tert-alkyl or cyclic N) is 1. The minimum Gasteiger partial charge on any atom is -0.497 e. The van der Waals surface area contributed by atoms with Crippen molar-refractivity contribution in [2.45, 2.75) is 44.4 Å². The number of aliphatic hydroxyl groups is 1. The minimum absolute atomic E-state index is 0.387. The van der Waals surface area contributed by atoms with Crippen molar-refractivity contribution in [3.05, 3.63) is 29.8 Å². The van der Waals surface area contributed by atoms with Crippen molar-refractivity contribution in [1.82, 2.24) is 9.80 Å². The molecule has 2 aliphatic rings. The summed E-state index contributed by atoms with van der Waals surface area (Å²) >= 11 is 0. The van der Waals surface area contributed by atoms with Gasteiger partial charge in [0.25, 0.3) is 0 Å². The second kappa shape index (κ2) is 9.53. The van der Waals surface area contributed by atoms with Gasteiger partial charge in [-0.3, -0.25) is 0 Å². The van der Waals surface area contributed by atoms with Crippen LogP contribution in [0.3, 0.4) is 0 Å². The van der Waals surface area contributed by atoms with Gasteiger partial charge >= 0.3 is 0 Å². The molecule has 5 heteroatoms. The lowest BCUT2D eigenvalue weighted by Crippen LogP contribution is -2.46. The summed E-state index contributed by atoms with van der Waals surface area (Å²) in [5.74, 6) is 0.848.